The van der Waals surface area contributed by atoms with E-state index in [1.54, 1.807) is 23.8 Å². The summed E-state index contributed by atoms with van der Waals surface area (Å²) in [6.07, 6.45) is 1.65. The lowest BCUT2D eigenvalue weighted by Gasteiger charge is -2.18. The number of anilines is 2. The number of rotatable bonds is 6. The second-order valence-electron chi connectivity index (χ2n) is 7.46. The van der Waals surface area contributed by atoms with Crippen LogP contribution in [0.1, 0.15) is 29.3 Å². The predicted octanol–water partition coefficient (Wildman–Crippen LogP) is 5.62. The molecule has 164 valence electrons. The van der Waals surface area contributed by atoms with E-state index in [1.807, 2.05) is 26.0 Å². The first-order valence-corrected chi connectivity index (χ1v) is 10.8. The number of amides is 1. The molecule has 0 bridgehead atoms. The van der Waals surface area contributed by atoms with Crippen molar-refractivity contribution < 1.29 is 23.1 Å². The number of carbonyl (C=O) groups is 2. The Balaban J connectivity index is 1.44. The van der Waals surface area contributed by atoms with E-state index in [9.17, 15) is 14.0 Å². The summed E-state index contributed by atoms with van der Waals surface area (Å²) in [5, 5.41) is 2.88. The lowest BCUT2D eigenvalue weighted by atomic mass is 10.0. The molecule has 0 saturated carbocycles. The summed E-state index contributed by atoms with van der Waals surface area (Å²) < 4.78 is 25.1. The first-order chi connectivity index (χ1) is 15.3. The fraction of sp³-hybridized carbons (Fsp3) is 0.208. The number of aromatic nitrogens is 1. The molecule has 0 N–H and O–H groups in total. The third kappa shape index (κ3) is 4.40. The molecule has 0 unspecified atom stereocenters. The van der Waals surface area contributed by atoms with Gasteiger partial charge in [-0.25, -0.2) is 9.37 Å². The summed E-state index contributed by atoms with van der Waals surface area (Å²) >= 11 is 1.17. The molecular weight excluding hydrogens is 431 g/mol. The maximum atomic E-state index is 14.2. The van der Waals surface area contributed by atoms with Crippen molar-refractivity contribution in [3.8, 4) is 0 Å². The van der Waals surface area contributed by atoms with Crippen LogP contribution in [0.15, 0.2) is 52.5 Å². The fourth-order valence-electron chi connectivity index (χ4n) is 3.34. The molecule has 0 aliphatic rings. The molecule has 1 amide bonds. The molecule has 2 heterocycles. The lowest BCUT2D eigenvalue weighted by Crippen LogP contribution is -2.23. The Kier molecular flexibility index (Phi) is 6.05. The number of nitrogens with zero attached hydrogens (tertiary/aromatic N) is 2. The van der Waals surface area contributed by atoms with Crippen molar-refractivity contribution in [3.05, 3.63) is 76.2 Å². The van der Waals surface area contributed by atoms with E-state index in [0.717, 1.165) is 27.7 Å². The highest BCUT2D eigenvalue weighted by Gasteiger charge is 2.21. The van der Waals surface area contributed by atoms with Crippen LogP contribution in [-0.2, 0) is 27.4 Å². The maximum absolute atomic E-state index is 14.2. The van der Waals surface area contributed by atoms with E-state index in [0.29, 0.717) is 10.8 Å². The van der Waals surface area contributed by atoms with Crippen LogP contribution < -0.4 is 4.90 Å². The van der Waals surface area contributed by atoms with Crippen molar-refractivity contribution in [3.63, 3.8) is 0 Å². The second-order valence-corrected chi connectivity index (χ2v) is 8.29. The number of para-hydroxylation sites is 1. The van der Waals surface area contributed by atoms with E-state index in [4.69, 9.17) is 9.15 Å². The monoisotopic (exact) mass is 452 g/mol. The molecule has 6 nitrogen and oxygen atoms in total. The van der Waals surface area contributed by atoms with Crippen molar-refractivity contribution >= 4 is 45.0 Å². The molecule has 0 radical (unpaired) electrons. The van der Waals surface area contributed by atoms with Crippen LogP contribution in [0.3, 0.4) is 0 Å². The van der Waals surface area contributed by atoms with Gasteiger partial charge in [0.25, 0.3) is 0 Å². The standard InChI is InChI=1S/C24H21FN2O4S/c1-14-8-19-17(11-30-22(19)9-15(14)2)10-23(29)31-12-18-13-32-24(26-18)27(16(3)28)21-7-5-4-6-20(21)25/h4-9,11,13H,10,12H2,1-3H3. The number of benzene rings is 2. The number of hydrogen-bond acceptors (Lipinski definition) is 6. The molecule has 0 aliphatic heterocycles. The zero-order valence-corrected chi connectivity index (χ0v) is 18.7. The van der Waals surface area contributed by atoms with Crippen LogP contribution in [0.5, 0.6) is 0 Å². The SMILES string of the molecule is CC(=O)N(c1nc(COC(=O)Cc2coc3cc(C)c(C)cc23)cs1)c1ccccc1F. The average Bonchev–Trinajstić information content (AvgIpc) is 3.36. The van der Waals surface area contributed by atoms with E-state index >= 15 is 0 Å². The Bertz CT molecular complexity index is 1310. The van der Waals surface area contributed by atoms with Gasteiger partial charge < -0.3 is 9.15 Å². The lowest BCUT2D eigenvalue weighted by molar-refractivity contribution is -0.144. The van der Waals surface area contributed by atoms with Crippen LogP contribution in [0, 0.1) is 19.7 Å². The van der Waals surface area contributed by atoms with Crippen LogP contribution in [-0.4, -0.2) is 16.9 Å². The second kappa shape index (κ2) is 8.92. The van der Waals surface area contributed by atoms with Gasteiger partial charge in [-0.3, -0.25) is 14.5 Å². The third-order valence-electron chi connectivity index (χ3n) is 5.13. The number of esters is 1. The van der Waals surface area contributed by atoms with E-state index < -0.39 is 11.8 Å². The molecule has 0 spiro atoms. The van der Waals surface area contributed by atoms with Gasteiger partial charge in [0, 0.05) is 23.3 Å². The number of thiazole rings is 1. The van der Waals surface area contributed by atoms with Crippen molar-refractivity contribution in [2.24, 2.45) is 0 Å². The Morgan fingerprint density at radius 3 is 2.69 bits per heavy atom. The Hall–Kier alpha value is -3.52. The minimum Gasteiger partial charge on any atom is -0.464 e. The first-order valence-electron chi connectivity index (χ1n) is 9.96. The molecule has 2 aromatic carbocycles. The van der Waals surface area contributed by atoms with E-state index in [-0.39, 0.29) is 24.6 Å². The molecule has 32 heavy (non-hydrogen) atoms. The summed E-state index contributed by atoms with van der Waals surface area (Å²) in [5.74, 6) is -1.31. The predicted molar refractivity (Wildman–Crippen MR) is 121 cm³/mol. The highest BCUT2D eigenvalue weighted by molar-refractivity contribution is 7.14. The molecule has 0 fully saturated rings. The fourth-order valence-corrected chi connectivity index (χ4v) is 4.20. The van der Waals surface area contributed by atoms with Crippen LogP contribution >= 0.6 is 11.3 Å². The van der Waals surface area contributed by atoms with Gasteiger partial charge >= 0.3 is 5.97 Å². The highest BCUT2D eigenvalue weighted by atomic mass is 32.1. The van der Waals surface area contributed by atoms with E-state index in [2.05, 4.69) is 4.98 Å². The summed E-state index contributed by atoms with van der Waals surface area (Å²) in [4.78, 5) is 30.1. The van der Waals surface area contributed by atoms with Crippen molar-refractivity contribution in [1.29, 1.82) is 0 Å². The molecular formula is C24H21FN2O4S. The molecule has 2 aromatic heterocycles. The minimum absolute atomic E-state index is 0.0493. The molecule has 0 aliphatic carbocycles. The normalized spacial score (nSPS) is 11.0. The number of carbonyl (C=O) groups excluding carboxylic acids is 2. The average molecular weight is 453 g/mol. The van der Waals surface area contributed by atoms with Gasteiger partial charge in [0.15, 0.2) is 5.13 Å². The smallest absolute Gasteiger partial charge is 0.310 e. The first kappa shape index (κ1) is 21.7. The number of aryl methyl sites for hydroxylation is 2. The summed E-state index contributed by atoms with van der Waals surface area (Å²) in [6, 6.07) is 9.94. The van der Waals surface area contributed by atoms with Gasteiger partial charge in [-0.15, -0.1) is 11.3 Å². The van der Waals surface area contributed by atoms with Gasteiger partial charge in [0.1, 0.15) is 18.0 Å². The molecule has 4 aromatic rings. The number of furan rings is 1. The molecule has 0 atom stereocenters. The molecule has 0 saturated heterocycles. The number of hydrogen-bond donors (Lipinski definition) is 0. The van der Waals surface area contributed by atoms with Crippen LogP contribution in [0.4, 0.5) is 15.2 Å². The number of halogens is 1. The van der Waals surface area contributed by atoms with Gasteiger partial charge in [0.05, 0.1) is 24.1 Å². The van der Waals surface area contributed by atoms with Gasteiger partial charge in [-0.1, -0.05) is 12.1 Å². The van der Waals surface area contributed by atoms with Gasteiger partial charge in [0.2, 0.25) is 5.91 Å². The minimum atomic E-state index is -0.524. The molecule has 8 heteroatoms. The van der Waals surface area contributed by atoms with Gasteiger partial charge in [-0.05, 0) is 49.2 Å². The Labute approximate surface area is 188 Å². The summed E-state index contributed by atoms with van der Waals surface area (Å²) in [6.45, 7) is 5.31. The van der Waals surface area contributed by atoms with Crippen LogP contribution in [0.2, 0.25) is 0 Å². The quantitative estimate of drug-likeness (QED) is 0.355. The number of ether oxygens (including phenoxy) is 1. The summed E-state index contributed by atoms with van der Waals surface area (Å²) in [5.41, 5.74) is 4.33. The highest BCUT2D eigenvalue weighted by Crippen LogP contribution is 2.31. The van der Waals surface area contributed by atoms with Crippen molar-refractivity contribution in [2.75, 3.05) is 4.90 Å². The Morgan fingerprint density at radius 1 is 1.19 bits per heavy atom. The maximum Gasteiger partial charge on any atom is 0.310 e. The third-order valence-corrected chi connectivity index (χ3v) is 6.00. The zero-order chi connectivity index (χ0) is 22.8. The van der Waals surface area contributed by atoms with Gasteiger partial charge in [-0.2, -0.15) is 0 Å². The van der Waals surface area contributed by atoms with Crippen molar-refractivity contribution in [1.82, 2.24) is 4.98 Å². The molecule has 4 rings (SSSR count). The van der Waals surface area contributed by atoms with Crippen LogP contribution in [0.25, 0.3) is 11.0 Å². The largest absolute Gasteiger partial charge is 0.464 e. The summed E-state index contributed by atoms with van der Waals surface area (Å²) in [7, 11) is 0. The van der Waals surface area contributed by atoms with E-state index in [1.165, 1.54) is 35.3 Å². The zero-order valence-electron chi connectivity index (χ0n) is 17.8. The Morgan fingerprint density at radius 2 is 1.94 bits per heavy atom. The van der Waals surface area contributed by atoms with Crippen molar-refractivity contribution in [2.45, 2.75) is 33.8 Å². The topological polar surface area (TPSA) is 72.6 Å². The number of fused-ring (bicyclic) bond motifs is 1.